The summed E-state index contributed by atoms with van der Waals surface area (Å²) in [5.74, 6) is 0.546. The van der Waals surface area contributed by atoms with Crippen molar-refractivity contribution in [2.75, 3.05) is 18.6 Å². The number of benzene rings is 2. The van der Waals surface area contributed by atoms with E-state index >= 15 is 0 Å². The summed E-state index contributed by atoms with van der Waals surface area (Å²) in [7, 11) is 1.59. The van der Waals surface area contributed by atoms with Gasteiger partial charge >= 0.3 is 0 Å². The molecule has 1 N–H and O–H groups in total. The average Bonchev–Trinajstić information content (AvgIpc) is 2.95. The third-order valence-corrected chi connectivity index (χ3v) is 4.14. The minimum atomic E-state index is -0.197. The lowest BCUT2D eigenvalue weighted by atomic mass is 10.1. The molecule has 1 heterocycles. The second kappa shape index (κ2) is 6.74. The zero-order chi connectivity index (χ0) is 17.1. The molecule has 3 rings (SSSR count). The van der Waals surface area contributed by atoms with Crippen molar-refractivity contribution in [3.63, 3.8) is 0 Å². The van der Waals surface area contributed by atoms with Crippen molar-refractivity contribution >= 4 is 17.5 Å². The molecular weight excluding hydrogens is 304 g/mol. The summed E-state index contributed by atoms with van der Waals surface area (Å²) in [5, 5.41) is 2.94. The first-order valence-electron chi connectivity index (χ1n) is 7.89. The monoisotopic (exact) mass is 324 g/mol. The fraction of sp³-hybridized carbons (Fsp3) is 0.263. The maximum Gasteiger partial charge on any atom is 0.251 e. The fourth-order valence-electron chi connectivity index (χ4n) is 2.81. The van der Waals surface area contributed by atoms with E-state index in [0.29, 0.717) is 24.3 Å². The van der Waals surface area contributed by atoms with E-state index in [0.717, 1.165) is 11.3 Å². The number of hydrogen-bond donors (Lipinski definition) is 1. The van der Waals surface area contributed by atoms with Gasteiger partial charge in [-0.25, -0.2) is 0 Å². The summed E-state index contributed by atoms with van der Waals surface area (Å²) >= 11 is 0. The van der Waals surface area contributed by atoms with E-state index in [-0.39, 0.29) is 17.9 Å². The van der Waals surface area contributed by atoms with Crippen LogP contribution in [0.25, 0.3) is 0 Å². The van der Waals surface area contributed by atoms with Crippen LogP contribution < -0.4 is 15.0 Å². The van der Waals surface area contributed by atoms with Crippen LogP contribution >= 0.6 is 0 Å². The van der Waals surface area contributed by atoms with Crippen molar-refractivity contribution in [2.24, 2.45) is 0 Å². The van der Waals surface area contributed by atoms with Crippen molar-refractivity contribution in [3.05, 3.63) is 59.7 Å². The Morgan fingerprint density at radius 3 is 2.67 bits per heavy atom. The Balaban J connectivity index is 1.68. The summed E-state index contributed by atoms with van der Waals surface area (Å²) in [6.45, 7) is 2.44. The highest BCUT2D eigenvalue weighted by atomic mass is 16.5. The number of carbonyl (C=O) groups excluding carboxylic acids is 2. The van der Waals surface area contributed by atoms with Gasteiger partial charge in [0, 0.05) is 30.3 Å². The van der Waals surface area contributed by atoms with Gasteiger partial charge in [-0.15, -0.1) is 0 Å². The largest absolute Gasteiger partial charge is 0.497 e. The number of anilines is 1. The van der Waals surface area contributed by atoms with Crippen molar-refractivity contribution in [1.29, 1.82) is 0 Å². The third-order valence-electron chi connectivity index (χ3n) is 4.14. The van der Waals surface area contributed by atoms with Crippen molar-refractivity contribution in [3.8, 4) is 5.75 Å². The Kier molecular flexibility index (Phi) is 4.51. The normalized spacial score (nSPS) is 17.0. The number of nitrogens with one attached hydrogen (secondary N) is 1. The third kappa shape index (κ3) is 3.40. The number of hydrogen-bond acceptors (Lipinski definition) is 3. The molecule has 2 aromatic rings. The molecule has 1 aliphatic rings. The molecule has 2 amide bonds. The SMILES string of the molecule is COc1cccc(N2CC(NC(=O)c3ccc(C)cc3)CC2=O)c1. The first-order valence-corrected chi connectivity index (χ1v) is 7.89. The van der Waals surface area contributed by atoms with Crippen molar-refractivity contribution in [2.45, 2.75) is 19.4 Å². The van der Waals surface area contributed by atoms with Gasteiger partial charge in [-0.05, 0) is 31.2 Å². The molecule has 1 unspecified atom stereocenters. The van der Waals surface area contributed by atoms with Gasteiger partial charge in [0.05, 0.1) is 13.2 Å². The molecule has 1 aliphatic heterocycles. The van der Waals surface area contributed by atoms with Gasteiger partial charge in [0.15, 0.2) is 0 Å². The summed E-state index contributed by atoms with van der Waals surface area (Å²) in [6.07, 6.45) is 0.300. The molecule has 2 aromatic carbocycles. The molecule has 0 aromatic heterocycles. The molecule has 5 heteroatoms. The molecule has 0 aliphatic carbocycles. The lowest BCUT2D eigenvalue weighted by Crippen LogP contribution is -2.37. The number of nitrogens with zero attached hydrogens (tertiary/aromatic N) is 1. The minimum absolute atomic E-state index is 0.00235. The Bertz CT molecular complexity index is 755. The van der Waals surface area contributed by atoms with Crippen LogP contribution in [0.15, 0.2) is 48.5 Å². The molecule has 0 bridgehead atoms. The van der Waals surface area contributed by atoms with Crippen LogP contribution in [0.1, 0.15) is 22.3 Å². The Morgan fingerprint density at radius 2 is 1.96 bits per heavy atom. The second-order valence-corrected chi connectivity index (χ2v) is 5.95. The van der Waals surface area contributed by atoms with Gasteiger partial charge < -0.3 is 15.0 Å². The average molecular weight is 324 g/mol. The van der Waals surface area contributed by atoms with E-state index < -0.39 is 0 Å². The van der Waals surface area contributed by atoms with E-state index in [1.165, 1.54) is 0 Å². The standard InChI is InChI=1S/C19H20N2O3/c1-13-6-8-14(9-7-13)19(23)20-15-10-18(22)21(12-15)16-4-3-5-17(11-16)24-2/h3-9,11,15H,10,12H2,1-2H3,(H,20,23). The molecule has 0 radical (unpaired) electrons. The van der Waals surface area contributed by atoms with E-state index in [4.69, 9.17) is 4.74 Å². The molecule has 5 nitrogen and oxygen atoms in total. The predicted octanol–water partition coefficient (Wildman–Crippen LogP) is 2.54. The summed E-state index contributed by atoms with van der Waals surface area (Å²) < 4.78 is 5.20. The summed E-state index contributed by atoms with van der Waals surface area (Å²) in [6, 6.07) is 14.6. The topological polar surface area (TPSA) is 58.6 Å². The van der Waals surface area contributed by atoms with Crippen LogP contribution in [-0.2, 0) is 4.79 Å². The fourth-order valence-corrected chi connectivity index (χ4v) is 2.81. The number of ether oxygens (including phenoxy) is 1. The number of carbonyl (C=O) groups is 2. The second-order valence-electron chi connectivity index (χ2n) is 5.95. The van der Waals surface area contributed by atoms with Crippen LogP contribution in [0, 0.1) is 6.92 Å². The van der Waals surface area contributed by atoms with Crippen molar-refractivity contribution < 1.29 is 14.3 Å². The molecule has 24 heavy (non-hydrogen) atoms. The number of aryl methyl sites for hydroxylation is 1. The zero-order valence-electron chi connectivity index (χ0n) is 13.8. The van der Waals surface area contributed by atoms with E-state index in [2.05, 4.69) is 5.32 Å². The van der Waals surface area contributed by atoms with Crippen LogP contribution in [0.5, 0.6) is 5.75 Å². The maximum atomic E-state index is 12.3. The van der Waals surface area contributed by atoms with Gasteiger partial charge in [-0.3, -0.25) is 9.59 Å². The van der Waals surface area contributed by atoms with Crippen LogP contribution in [0.3, 0.4) is 0 Å². The smallest absolute Gasteiger partial charge is 0.251 e. The number of amides is 2. The van der Waals surface area contributed by atoms with Gasteiger partial charge in [-0.1, -0.05) is 23.8 Å². The Hall–Kier alpha value is -2.82. The minimum Gasteiger partial charge on any atom is -0.497 e. The molecular formula is C19H20N2O3. The van der Waals surface area contributed by atoms with E-state index in [9.17, 15) is 9.59 Å². The van der Waals surface area contributed by atoms with Gasteiger partial charge in [0.2, 0.25) is 5.91 Å². The first-order chi connectivity index (χ1) is 11.6. The first kappa shape index (κ1) is 16.1. The van der Waals surface area contributed by atoms with E-state index in [1.807, 2.05) is 43.3 Å². The Morgan fingerprint density at radius 1 is 1.21 bits per heavy atom. The van der Waals surface area contributed by atoms with Crippen LogP contribution in [-0.4, -0.2) is 31.5 Å². The number of rotatable bonds is 4. The highest BCUT2D eigenvalue weighted by Gasteiger charge is 2.31. The number of methoxy groups -OCH3 is 1. The highest BCUT2D eigenvalue weighted by molar-refractivity contribution is 5.99. The van der Waals surface area contributed by atoms with Crippen LogP contribution in [0.2, 0.25) is 0 Å². The summed E-state index contributed by atoms with van der Waals surface area (Å²) in [5.41, 5.74) is 2.49. The zero-order valence-corrected chi connectivity index (χ0v) is 13.8. The quantitative estimate of drug-likeness (QED) is 0.940. The molecule has 0 saturated carbocycles. The lowest BCUT2D eigenvalue weighted by molar-refractivity contribution is -0.117. The Labute approximate surface area is 141 Å². The van der Waals surface area contributed by atoms with Crippen LogP contribution in [0.4, 0.5) is 5.69 Å². The van der Waals surface area contributed by atoms with Gasteiger partial charge in [-0.2, -0.15) is 0 Å². The molecule has 1 fully saturated rings. The van der Waals surface area contributed by atoms with E-state index in [1.54, 1.807) is 24.1 Å². The molecule has 1 atom stereocenters. The maximum absolute atomic E-state index is 12.3. The lowest BCUT2D eigenvalue weighted by Gasteiger charge is -2.18. The summed E-state index contributed by atoms with van der Waals surface area (Å²) in [4.78, 5) is 26.3. The molecule has 1 saturated heterocycles. The van der Waals surface area contributed by atoms with Crippen molar-refractivity contribution in [1.82, 2.24) is 5.32 Å². The molecule has 124 valence electrons. The van der Waals surface area contributed by atoms with Gasteiger partial charge in [0.1, 0.15) is 5.75 Å². The van der Waals surface area contributed by atoms with Gasteiger partial charge in [0.25, 0.3) is 5.91 Å². The predicted molar refractivity (Wildman–Crippen MR) is 92.4 cm³/mol. The molecule has 0 spiro atoms. The highest BCUT2D eigenvalue weighted by Crippen LogP contribution is 2.25.